The second-order valence-electron chi connectivity index (χ2n) is 8.92. The molecule has 2 heterocycles. The van der Waals surface area contributed by atoms with Gasteiger partial charge in [0.1, 0.15) is 0 Å². The van der Waals surface area contributed by atoms with E-state index in [4.69, 9.17) is 0 Å². The van der Waals surface area contributed by atoms with Crippen molar-refractivity contribution in [2.45, 2.75) is 38.8 Å². The Labute approximate surface area is 187 Å². The Bertz CT molecular complexity index is 841. The number of rotatable bonds is 6. The zero-order chi connectivity index (χ0) is 21.6. The standard InChI is InChI=1S/C26H36N4O/c1-22(26(31)30-19-17-28(18-20-30)24-12-5-3-6-13-24)27(2)21-23-11-7-8-14-25(23)29-15-9-4-10-16-29/h3,5-8,11-14,22H,4,9-10,15-21H2,1-2H3. The molecule has 5 heteroatoms. The highest BCUT2D eigenvalue weighted by molar-refractivity contribution is 5.81. The van der Waals surface area contributed by atoms with Gasteiger partial charge < -0.3 is 14.7 Å². The molecule has 0 radical (unpaired) electrons. The number of piperidine rings is 1. The number of amides is 1. The Hall–Kier alpha value is -2.53. The Morgan fingerprint density at radius 3 is 2.19 bits per heavy atom. The molecule has 31 heavy (non-hydrogen) atoms. The van der Waals surface area contributed by atoms with E-state index in [2.05, 4.69) is 77.2 Å². The molecule has 0 aromatic heterocycles. The number of carbonyl (C=O) groups is 1. The number of hydrogen-bond acceptors (Lipinski definition) is 4. The lowest BCUT2D eigenvalue weighted by molar-refractivity contribution is -0.136. The molecule has 1 amide bonds. The number of hydrogen-bond donors (Lipinski definition) is 0. The van der Waals surface area contributed by atoms with Crippen molar-refractivity contribution >= 4 is 17.3 Å². The monoisotopic (exact) mass is 420 g/mol. The quantitative estimate of drug-likeness (QED) is 0.710. The predicted molar refractivity (Wildman–Crippen MR) is 129 cm³/mol. The third-order valence-electron chi connectivity index (χ3n) is 6.84. The van der Waals surface area contributed by atoms with Crippen LogP contribution in [0, 0.1) is 0 Å². The van der Waals surface area contributed by atoms with E-state index in [1.165, 1.54) is 36.2 Å². The van der Waals surface area contributed by atoms with Crippen LogP contribution in [0.3, 0.4) is 0 Å². The third kappa shape index (κ3) is 5.21. The summed E-state index contributed by atoms with van der Waals surface area (Å²) in [5.41, 5.74) is 3.90. The van der Waals surface area contributed by atoms with Gasteiger partial charge >= 0.3 is 0 Å². The number of carbonyl (C=O) groups excluding carboxylic acids is 1. The molecule has 2 aliphatic rings. The van der Waals surface area contributed by atoms with E-state index in [0.717, 1.165) is 45.8 Å². The van der Waals surface area contributed by atoms with E-state index in [1.807, 2.05) is 11.0 Å². The SMILES string of the molecule is CC(C(=O)N1CCN(c2ccccc2)CC1)N(C)Cc1ccccc1N1CCCCC1. The molecule has 2 aromatic carbocycles. The van der Waals surface area contributed by atoms with Gasteiger partial charge in [-0.15, -0.1) is 0 Å². The van der Waals surface area contributed by atoms with Crippen molar-refractivity contribution in [3.8, 4) is 0 Å². The van der Waals surface area contributed by atoms with E-state index in [0.29, 0.717) is 0 Å². The number of likely N-dealkylation sites (N-methyl/N-ethyl adjacent to an activating group) is 1. The van der Waals surface area contributed by atoms with Crippen molar-refractivity contribution in [1.82, 2.24) is 9.80 Å². The van der Waals surface area contributed by atoms with Crippen molar-refractivity contribution in [3.05, 3.63) is 60.2 Å². The highest BCUT2D eigenvalue weighted by atomic mass is 16.2. The van der Waals surface area contributed by atoms with E-state index >= 15 is 0 Å². The summed E-state index contributed by atoms with van der Waals surface area (Å²) >= 11 is 0. The van der Waals surface area contributed by atoms with Crippen LogP contribution in [0.5, 0.6) is 0 Å². The minimum Gasteiger partial charge on any atom is -0.371 e. The first kappa shape index (κ1) is 21.7. The average Bonchev–Trinajstić information content (AvgIpc) is 2.84. The van der Waals surface area contributed by atoms with Crippen molar-refractivity contribution in [2.24, 2.45) is 0 Å². The molecule has 0 aliphatic carbocycles. The topological polar surface area (TPSA) is 30.0 Å². The summed E-state index contributed by atoms with van der Waals surface area (Å²) in [6.07, 6.45) is 3.88. The van der Waals surface area contributed by atoms with Crippen molar-refractivity contribution in [3.63, 3.8) is 0 Å². The molecule has 0 saturated carbocycles. The first-order chi connectivity index (χ1) is 15.1. The maximum Gasteiger partial charge on any atom is 0.239 e. The first-order valence-corrected chi connectivity index (χ1v) is 11.8. The lowest BCUT2D eigenvalue weighted by Crippen LogP contribution is -2.53. The van der Waals surface area contributed by atoms with Crippen LogP contribution in [-0.4, -0.2) is 68.1 Å². The Morgan fingerprint density at radius 2 is 1.48 bits per heavy atom. The second-order valence-corrected chi connectivity index (χ2v) is 8.92. The van der Waals surface area contributed by atoms with E-state index in [-0.39, 0.29) is 11.9 Å². The van der Waals surface area contributed by atoms with Crippen LogP contribution < -0.4 is 9.80 Å². The number of para-hydroxylation sites is 2. The summed E-state index contributed by atoms with van der Waals surface area (Å²) in [6.45, 7) is 8.49. The Balaban J connectivity index is 1.34. The van der Waals surface area contributed by atoms with E-state index < -0.39 is 0 Å². The van der Waals surface area contributed by atoms with Gasteiger partial charge in [0.2, 0.25) is 5.91 Å². The van der Waals surface area contributed by atoms with Gasteiger partial charge in [0.25, 0.3) is 0 Å². The van der Waals surface area contributed by atoms with Gasteiger partial charge in [-0.2, -0.15) is 0 Å². The van der Waals surface area contributed by atoms with E-state index in [9.17, 15) is 4.79 Å². The van der Waals surface area contributed by atoms with Crippen LogP contribution in [0.15, 0.2) is 54.6 Å². The number of nitrogens with zero attached hydrogens (tertiary/aromatic N) is 4. The van der Waals surface area contributed by atoms with E-state index in [1.54, 1.807) is 0 Å². The van der Waals surface area contributed by atoms with Crippen molar-refractivity contribution in [1.29, 1.82) is 0 Å². The zero-order valence-electron chi connectivity index (χ0n) is 19.0. The summed E-state index contributed by atoms with van der Waals surface area (Å²) in [4.78, 5) is 22.3. The van der Waals surface area contributed by atoms with Crippen molar-refractivity contribution < 1.29 is 4.79 Å². The molecule has 2 aromatic rings. The molecule has 4 rings (SSSR count). The fraction of sp³-hybridized carbons (Fsp3) is 0.500. The molecule has 0 N–H and O–H groups in total. The molecule has 166 valence electrons. The summed E-state index contributed by atoms with van der Waals surface area (Å²) < 4.78 is 0. The summed E-state index contributed by atoms with van der Waals surface area (Å²) in [5.74, 6) is 0.241. The fourth-order valence-corrected chi connectivity index (χ4v) is 4.77. The fourth-order valence-electron chi connectivity index (χ4n) is 4.77. The molecule has 2 fully saturated rings. The van der Waals surface area contributed by atoms with Gasteiger partial charge in [0.05, 0.1) is 6.04 Å². The maximum atomic E-state index is 13.2. The van der Waals surface area contributed by atoms with Gasteiger partial charge in [0.15, 0.2) is 0 Å². The Morgan fingerprint density at radius 1 is 0.839 bits per heavy atom. The second kappa shape index (κ2) is 10.2. The smallest absolute Gasteiger partial charge is 0.239 e. The largest absolute Gasteiger partial charge is 0.371 e. The predicted octanol–water partition coefficient (Wildman–Crippen LogP) is 3.85. The van der Waals surface area contributed by atoms with Crippen LogP contribution in [0.4, 0.5) is 11.4 Å². The summed E-state index contributed by atoms with van der Waals surface area (Å²) in [6, 6.07) is 19.1. The zero-order valence-corrected chi connectivity index (χ0v) is 19.0. The number of piperazine rings is 1. The number of benzene rings is 2. The average molecular weight is 421 g/mol. The van der Waals surface area contributed by atoms with Gasteiger partial charge in [-0.1, -0.05) is 36.4 Å². The highest BCUT2D eigenvalue weighted by Gasteiger charge is 2.28. The van der Waals surface area contributed by atoms with Crippen molar-refractivity contribution in [2.75, 3.05) is 56.1 Å². The molecule has 1 unspecified atom stereocenters. The normalized spacial score (nSPS) is 18.4. The first-order valence-electron chi connectivity index (χ1n) is 11.8. The molecule has 2 aliphatic heterocycles. The van der Waals surface area contributed by atoms with Crippen LogP contribution in [0.1, 0.15) is 31.7 Å². The molecule has 0 spiro atoms. The van der Waals surface area contributed by atoms with Gasteiger partial charge in [-0.25, -0.2) is 0 Å². The summed E-state index contributed by atoms with van der Waals surface area (Å²) in [7, 11) is 2.08. The molecular formula is C26H36N4O. The molecular weight excluding hydrogens is 384 g/mol. The molecule has 2 saturated heterocycles. The molecule has 5 nitrogen and oxygen atoms in total. The third-order valence-corrected chi connectivity index (χ3v) is 6.84. The highest BCUT2D eigenvalue weighted by Crippen LogP contribution is 2.26. The molecule has 1 atom stereocenters. The lowest BCUT2D eigenvalue weighted by atomic mass is 10.1. The van der Waals surface area contributed by atoms with Crippen LogP contribution >= 0.6 is 0 Å². The summed E-state index contributed by atoms with van der Waals surface area (Å²) in [5, 5.41) is 0. The lowest BCUT2D eigenvalue weighted by Gasteiger charge is -2.38. The van der Waals surface area contributed by atoms with Gasteiger partial charge in [-0.3, -0.25) is 9.69 Å². The number of anilines is 2. The maximum absolute atomic E-state index is 13.2. The van der Waals surface area contributed by atoms with Gasteiger partial charge in [-0.05, 0) is 57.0 Å². The Kier molecular flexibility index (Phi) is 7.13. The van der Waals surface area contributed by atoms with Gasteiger partial charge in [0, 0.05) is 57.2 Å². The van der Waals surface area contributed by atoms with Crippen LogP contribution in [0.2, 0.25) is 0 Å². The van der Waals surface area contributed by atoms with Crippen LogP contribution in [-0.2, 0) is 11.3 Å². The minimum atomic E-state index is -0.127. The van der Waals surface area contributed by atoms with Crippen LogP contribution in [0.25, 0.3) is 0 Å². The molecule has 0 bridgehead atoms. The minimum absolute atomic E-state index is 0.127.